The monoisotopic (exact) mass is 313 g/mol. The van der Waals surface area contributed by atoms with E-state index in [1.165, 1.54) is 25.3 Å². The fraction of sp³-hybridized carbons (Fsp3) is 0.467. The van der Waals surface area contributed by atoms with Crippen LogP contribution in [-0.4, -0.2) is 37.4 Å². The van der Waals surface area contributed by atoms with Crippen LogP contribution in [0.2, 0.25) is 0 Å². The number of hydrogen-bond acceptors (Lipinski definition) is 5. The lowest BCUT2D eigenvalue weighted by Gasteiger charge is -2.22. The molecule has 22 heavy (non-hydrogen) atoms. The normalized spacial score (nSPS) is 12.2. The van der Waals surface area contributed by atoms with E-state index in [0.717, 1.165) is 0 Å². The molecule has 0 saturated carbocycles. The molecule has 0 spiro atoms. The van der Waals surface area contributed by atoms with Crippen molar-refractivity contribution in [2.45, 2.75) is 32.4 Å². The van der Waals surface area contributed by atoms with Crippen molar-refractivity contribution >= 4 is 12.1 Å². The summed E-state index contributed by atoms with van der Waals surface area (Å²) in [5, 5.41) is 2.33. The number of amides is 1. The number of para-hydroxylation sites is 1. The van der Waals surface area contributed by atoms with Gasteiger partial charge in [0.1, 0.15) is 12.2 Å². The van der Waals surface area contributed by atoms with Crippen LogP contribution >= 0.6 is 0 Å². The molecule has 0 fully saturated rings. The van der Waals surface area contributed by atoms with Crippen LogP contribution in [0.15, 0.2) is 24.3 Å². The summed E-state index contributed by atoms with van der Waals surface area (Å²) in [5.74, 6) is -1.31. The van der Waals surface area contributed by atoms with Crippen molar-refractivity contribution in [3.63, 3.8) is 0 Å². The third-order valence-electron chi connectivity index (χ3n) is 2.42. The Hall–Kier alpha value is -2.31. The van der Waals surface area contributed by atoms with E-state index in [9.17, 15) is 14.0 Å². The molecule has 1 N–H and O–H groups in total. The van der Waals surface area contributed by atoms with Gasteiger partial charge in [-0.1, -0.05) is 12.1 Å². The highest BCUT2D eigenvalue weighted by Crippen LogP contribution is 2.15. The van der Waals surface area contributed by atoms with Gasteiger partial charge in [-0.05, 0) is 32.9 Å². The van der Waals surface area contributed by atoms with Gasteiger partial charge >= 0.3 is 12.1 Å². The quantitative estimate of drug-likeness (QED) is 0.844. The van der Waals surface area contributed by atoms with Crippen molar-refractivity contribution in [2.75, 3.05) is 13.7 Å². The molecule has 1 aromatic carbocycles. The highest BCUT2D eigenvalue weighted by atomic mass is 19.1. The van der Waals surface area contributed by atoms with E-state index in [2.05, 4.69) is 10.1 Å². The summed E-state index contributed by atoms with van der Waals surface area (Å²) in [4.78, 5) is 23.4. The van der Waals surface area contributed by atoms with E-state index in [1.54, 1.807) is 26.8 Å². The second-order valence-electron chi connectivity index (χ2n) is 5.46. The third kappa shape index (κ3) is 5.99. The van der Waals surface area contributed by atoms with Crippen molar-refractivity contribution in [3.8, 4) is 5.75 Å². The number of benzene rings is 1. The molecule has 6 nitrogen and oxygen atoms in total. The molecule has 0 radical (unpaired) electrons. The van der Waals surface area contributed by atoms with Crippen LogP contribution in [0.5, 0.6) is 5.75 Å². The Balaban J connectivity index is 2.67. The number of hydrogen-bond donors (Lipinski definition) is 1. The number of nitrogens with one attached hydrogen (secondary N) is 1. The molecular weight excluding hydrogens is 293 g/mol. The van der Waals surface area contributed by atoms with Gasteiger partial charge in [0.2, 0.25) is 0 Å². The van der Waals surface area contributed by atoms with Gasteiger partial charge in [-0.15, -0.1) is 0 Å². The number of methoxy groups -OCH3 is 1. The molecule has 0 bridgehead atoms. The maximum atomic E-state index is 13.5. The molecule has 1 rings (SSSR count). The number of carbonyl (C=O) groups excluding carboxylic acids is 2. The Labute approximate surface area is 128 Å². The average molecular weight is 313 g/mol. The Bertz CT molecular complexity index is 527. The zero-order valence-corrected chi connectivity index (χ0v) is 13.0. The maximum Gasteiger partial charge on any atom is 0.408 e. The number of ether oxygens (including phenoxy) is 3. The van der Waals surface area contributed by atoms with Crippen LogP contribution in [-0.2, 0) is 14.3 Å². The van der Waals surface area contributed by atoms with E-state index >= 15 is 0 Å². The first kappa shape index (κ1) is 17.7. The van der Waals surface area contributed by atoms with Crippen molar-refractivity contribution in [2.24, 2.45) is 0 Å². The van der Waals surface area contributed by atoms with E-state index in [0.29, 0.717) is 0 Å². The molecule has 0 aliphatic carbocycles. The lowest BCUT2D eigenvalue weighted by Crippen LogP contribution is -2.47. The summed E-state index contributed by atoms with van der Waals surface area (Å²) in [6.07, 6.45) is -0.792. The molecule has 1 amide bonds. The van der Waals surface area contributed by atoms with Crippen molar-refractivity contribution in [1.29, 1.82) is 0 Å². The second-order valence-corrected chi connectivity index (χ2v) is 5.46. The summed E-state index contributed by atoms with van der Waals surface area (Å²) in [6, 6.07) is 4.63. The average Bonchev–Trinajstić information content (AvgIpc) is 2.42. The number of esters is 1. The molecule has 0 heterocycles. The summed E-state index contributed by atoms with van der Waals surface area (Å²) in [7, 11) is 1.18. The molecule has 0 saturated heterocycles. The number of halogens is 1. The number of rotatable bonds is 5. The predicted octanol–water partition coefficient (Wildman–Crippen LogP) is 2.27. The molecule has 0 aromatic heterocycles. The summed E-state index contributed by atoms with van der Waals surface area (Å²) in [6.45, 7) is 4.79. The van der Waals surface area contributed by atoms with Crippen LogP contribution in [0.1, 0.15) is 20.8 Å². The van der Waals surface area contributed by atoms with Crippen molar-refractivity contribution < 1.29 is 28.2 Å². The van der Waals surface area contributed by atoms with Crippen LogP contribution < -0.4 is 10.1 Å². The summed E-state index contributed by atoms with van der Waals surface area (Å²) < 4.78 is 28.3. The lowest BCUT2D eigenvalue weighted by atomic mass is 10.2. The molecule has 122 valence electrons. The Kier molecular flexibility index (Phi) is 6.15. The topological polar surface area (TPSA) is 73.9 Å². The Morgan fingerprint density at radius 1 is 1.27 bits per heavy atom. The van der Waals surface area contributed by atoms with E-state index in [1.807, 2.05) is 0 Å². The van der Waals surface area contributed by atoms with Gasteiger partial charge in [-0.3, -0.25) is 0 Å². The van der Waals surface area contributed by atoms with Crippen LogP contribution in [0.3, 0.4) is 0 Å². The molecule has 7 heteroatoms. The number of alkyl carbamates (subject to hydrolysis) is 1. The fourth-order valence-electron chi connectivity index (χ4n) is 1.50. The summed E-state index contributed by atoms with van der Waals surface area (Å²) >= 11 is 0. The van der Waals surface area contributed by atoms with Gasteiger partial charge in [-0.25, -0.2) is 14.0 Å². The van der Waals surface area contributed by atoms with Gasteiger partial charge in [0.05, 0.1) is 7.11 Å². The van der Waals surface area contributed by atoms with Crippen molar-refractivity contribution in [1.82, 2.24) is 5.32 Å². The van der Waals surface area contributed by atoms with E-state index in [-0.39, 0.29) is 12.4 Å². The smallest absolute Gasteiger partial charge is 0.408 e. The maximum absolute atomic E-state index is 13.5. The van der Waals surface area contributed by atoms with Gasteiger partial charge in [-0.2, -0.15) is 0 Å². The van der Waals surface area contributed by atoms with Crippen LogP contribution in [0.25, 0.3) is 0 Å². The highest BCUT2D eigenvalue weighted by molar-refractivity contribution is 5.81. The van der Waals surface area contributed by atoms with Crippen LogP contribution in [0.4, 0.5) is 9.18 Å². The van der Waals surface area contributed by atoms with Crippen LogP contribution in [0, 0.1) is 5.82 Å². The predicted molar refractivity (Wildman–Crippen MR) is 77.1 cm³/mol. The molecule has 1 aromatic rings. The molecular formula is C15H20FNO5. The van der Waals surface area contributed by atoms with Gasteiger partial charge in [0.25, 0.3) is 0 Å². The minimum Gasteiger partial charge on any atom is -0.488 e. The molecule has 0 aliphatic heterocycles. The highest BCUT2D eigenvalue weighted by Gasteiger charge is 2.26. The first-order chi connectivity index (χ1) is 10.2. The fourth-order valence-corrected chi connectivity index (χ4v) is 1.50. The third-order valence-corrected chi connectivity index (χ3v) is 2.42. The molecule has 1 unspecified atom stereocenters. The standard InChI is InChI=1S/C15H20FNO5/c1-15(2,3)22-14(19)17-11(13(18)20-4)9-21-12-8-6-5-7-10(12)16/h5-8,11H,9H2,1-4H3,(H,17,19). The first-order valence-electron chi connectivity index (χ1n) is 6.67. The van der Waals surface area contributed by atoms with Gasteiger partial charge in [0, 0.05) is 0 Å². The summed E-state index contributed by atoms with van der Waals surface area (Å²) in [5.41, 5.74) is -0.711. The van der Waals surface area contributed by atoms with E-state index < -0.39 is 29.5 Å². The zero-order chi connectivity index (χ0) is 16.8. The largest absolute Gasteiger partial charge is 0.488 e. The Morgan fingerprint density at radius 2 is 1.91 bits per heavy atom. The second kappa shape index (κ2) is 7.63. The first-order valence-corrected chi connectivity index (χ1v) is 6.67. The van der Waals surface area contributed by atoms with E-state index in [4.69, 9.17) is 9.47 Å². The minimum absolute atomic E-state index is 0.0256. The Morgan fingerprint density at radius 3 is 2.45 bits per heavy atom. The minimum atomic E-state index is -1.11. The SMILES string of the molecule is COC(=O)C(COc1ccccc1F)NC(=O)OC(C)(C)C. The molecule has 0 aliphatic rings. The number of carbonyl (C=O) groups is 2. The molecule has 1 atom stereocenters. The van der Waals surface area contributed by atoms with Crippen molar-refractivity contribution in [3.05, 3.63) is 30.1 Å². The zero-order valence-electron chi connectivity index (χ0n) is 13.0. The van der Waals surface area contributed by atoms with Gasteiger partial charge < -0.3 is 19.5 Å². The van der Waals surface area contributed by atoms with Gasteiger partial charge in [0.15, 0.2) is 17.6 Å². The lowest BCUT2D eigenvalue weighted by molar-refractivity contribution is -0.143.